The van der Waals surface area contributed by atoms with Gasteiger partial charge in [0.25, 0.3) is 5.69 Å². The van der Waals surface area contributed by atoms with Gasteiger partial charge in [-0.25, -0.2) is 0 Å². The average Bonchev–Trinajstić information content (AvgIpc) is 2.56. The molecule has 0 aromatic heterocycles. The van der Waals surface area contributed by atoms with Crippen LogP contribution >= 0.6 is 15.9 Å². The molecule has 132 valence electrons. The lowest BCUT2D eigenvalue weighted by atomic mass is 10.0. The predicted octanol–water partition coefficient (Wildman–Crippen LogP) is 2.76. The van der Waals surface area contributed by atoms with E-state index in [2.05, 4.69) is 31.5 Å². The summed E-state index contributed by atoms with van der Waals surface area (Å²) in [4.78, 5) is 24.3. The van der Waals surface area contributed by atoms with E-state index < -0.39 is 4.92 Å². The van der Waals surface area contributed by atoms with Crippen molar-refractivity contribution in [2.45, 2.75) is 32.2 Å². The summed E-state index contributed by atoms with van der Waals surface area (Å²) < 4.78 is 0.693. The summed E-state index contributed by atoms with van der Waals surface area (Å²) in [5.41, 5.74) is 0.931. The molecular weight excluding hydrogens is 376 g/mol. The number of nitrogens with zero attached hydrogens (tertiary/aromatic N) is 2. The summed E-state index contributed by atoms with van der Waals surface area (Å²) in [5, 5.41) is 17.1. The Hall–Kier alpha value is -1.67. The number of piperidine rings is 1. The second-order valence-electron chi connectivity index (χ2n) is 5.97. The van der Waals surface area contributed by atoms with Crippen LogP contribution in [0.15, 0.2) is 22.7 Å². The van der Waals surface area contributed by atoms with Crippen molar-refractivity contribution < 1.29 is 9.72 Å². The van der Waals surface area contributed by atoms with Gasteiger partial charge in [0.2, 0.25) is 5.91 Å². The van der Waals surface area contributed by atoms with Crippen LogP contribution < -0.4 is 10.6 Å². The number of nitro benzene ring substituents is 1. The Morgan fingerprint density at radius 2 is 2.12 bits per heavy atom. The number of likely N-dealkylation sites (tertiary alicyclic amines) is 1. The molecule has 0 aliphatic carbocycles. The molecule has 2 N–H and O–H groups in total. The van der Waals surface area contributed by atoms with E-state index in [1.54, 1.807) is 6.07 Å². The second kappa shape index (κ2) is 8.98. The molecule has 0 atom stereocenters. The maximum atomic E-state index is 11.7. The number of non-ortho nitro benzene ring substituents is 1. The fraction of sp³-hybridized carbons (Fsp3) is 0.562. The maximum absolute atomic E-state index is 11.7. The minimum Gasteiger partial charge on any atom is -0.381 e. The number of hydrogen-bond acceptors (Lipinski definition) is 5. The average molecular weight is 399 g/mol. The summed E-state index contributed by atoms with van der Waals surface area (Å²) in [6, 6.07) is 5.04. The molecule has 1 aromatic rings. The SMILES string of the molecule is CCCNC(=O)CN1CCC(Nc2ccc([N+](=O)[O-])cc2Br)CC1. The van der Waals surface area contributed by atoms with Crippen molar-refractivity contribution in [2.75, 3.05) is 31.5 Å². The Kier molecular flexibility index (Phi) is 6.99. The molecule has 1 aliphatic heterocycles. The molecule has 1 heterocycles. The zero-order valence-electron chi connectivity index (χ0n) is 13.8. The number of amides is 1. The van der Waals surface area contributed by atoms with Gasteiger partial charge >= 0.3 is 0 Å². The van der Waals surface area contributed by atoms with Gasteiger partial charge in [-0.3, -0.25) is 19.8 Å². The largest absolute Gasteiger partial charge is 0.381 e. The van der Waals surface area contributed by atoms with Crippen LogP contribution in [0.3, 0.4) is 0 Å². The number of hydrogen-bond donors (Lipinski definition) is 2. The third-order valence-corrected chi connectivity index (χ3v) is 4.71. The van der Waals surface area contributed by atoms with E-state index >= 15 is 0 Å². The van der Waals surface area contributed by atoms with Gasteiger partial charge in [-0.2, -0.15) is 0 Å². The highest BCUT2D eigenvalue weighted by molar-refractivity contribution is 9.10. The van der Waals surface area contributed by atoms with E-state index in [1.165, 1.54) is 12.1 Å². The molecule has 1 aliphatic rings. The number of rotatable bonds is 7. The van der Waals surface area contributed by atoms with Gasteiger partial charge in [0.1, 0.15) is 0 Å². The van der Waals surface area contributed by atoms with Gasteiger partial charge < -0.3 is 10.6 Å². The molecule has 0 saturated carbocycles. The lowest BCUT2D eigenvalue weighted by Gasteiger charge is -2.32. The van der Waals surface area contributed by atoms with Crippen molar-refractivity contribution >= 4 is 33.2 Å². The van der Waals surface area contributed by atoms with Crippen molar-refractivity contribution in [2.24, 2.45) is 0 Å². The molecule has 1 fully saturated rings. The molecule has 0 spiro atoms. The fourth-order valence-corrected chi connectivity index (χ4v) is 3.19. The molecule has 1 aromatic carbocycles. The summed E-state index contributed by atoms with van der Waals surface area (Å²) in [5.74, 6) is 0.0846. The second-order valence-corrected chi connectivity index (χ2v) is 6.82. The van der Waals surface area contributed by atoms with Crippen molar-refractivity contribution in [3.63, 3.8) is 0 Å². The minimum absolute atomic E-state index is 0.0698. The van der Waals surface area contributed by atoms with Crippen LogP contribution in [-0.4, -0.2) is 48.0 Å². The summed E-state index contributed by atoms with van der Waals surface area (Å²) >= 11 is 3.38. The molecule has 0 radical (unpaired) electrons. The fourth-order valence-electron chi connectivity index (χ4n) is 2.71. The molecule has 8 heteroatoms. The molecule has 7 nitrogen and oxygen atoms in total. The normalized spacial score (nSPS) is 15.9. The first-order chi connectivity index (χ1) is 11.5. The minimum atomic E-state index is -0.406. The molecule has 0 unspecified atom stereocenters. The van der Waals surface area contributed by atoms with Crippen LogP contribution in [0.2, 0.25) is 0 Å². The lowest BCUT2D eigenvalue weighted by Crippen LogP contribution is -2.44. The van der Waals surface area contributed by atoms with E-state index in [9.17, 15) is 14.9 Å². The van der Waals surface area contributed by atoms with Crippen LogP contribution in [0.1, 0.15) is 26.2 Å². The number of nitro groups is 1. The number of carbonyl (C=O) groups excluding carboxylic acids is 1. The molecular formula is C16H23BrN4O3. The molecule has 2 rings (SSSR count). The van der Waals surface area contributed by atoms with Gasteiger partial charge in [-0.05, 0) is 41.3 Å². The highest BCUT2D eigenvalue weighted by Crippen LogP contribution is 2.28. The van der Waals surface area contributed by atoms with Crippen molar-refractivity contribution in [1.29, 1.82) is 0 Å². The Balaban J connectivity index is 1.81. The summed E-state index contributed by atoms with van der Waals surface area (Å²) in [6.45, 7) is 4.94. The standard InChI is InChI=1S/C16H23BrN4O3/c1-2-7-18-16(22)11-20-8-5-12(6-9-20)19-15-4-3-13(21(23)24)10-14(15)17/h3-4,10,12,19H,2,5-9,11H2,1H3,(H,18,22). The van der Waals surface area contributed by atoms with Crippen LogP contribution in [0.25, 0.3) is 0 Å². The highest BCUT2D eigenvalue weighted by Gasteiger charge is 2.21. The van der Waals surface area contributed by atoms with Crippen molar-refractivity contribution in [3.8, 4) is 0 Å². The quantitative estimate of drug-likeness (QED) is 0.544. The topological polar surface area (TPSA) is 87.5 Å². The van der Waals surface area contributed by atoms with Gasteiger partial charge in [-0.1, -0.05) is 6.92 Å². The van der Waals surface area contributed by atoms with Gasteiger partial charge in [0.15, 0.2) is 0 Å². The summed E-state index contributed by atoms with van der Waals surface area (Å²) in [6.07, 6.45) is 2.82. The number of nitrogens with one attached hydrogen (secondary N) is 2. The first-order valence-corrected chi connectivity index (χ1v) is 8.98. The van der Waals surface area contributed by atoms with Gasteiger partial charge in [0, 0.05) is 48.0 Å². The van der Waals surface area contributed by atoms with Crippen LogP contribution in [0, 0.1) is 10.1 Å². The van der Waals surface area contributed by atoms with E-state index in [-0.39, 0.29) is 11.6 Å². The van der Waals surface area contributed by atoms with E-state index in [0.29, 0.717) is 17.1 Å². The number of carbonyl (C=O) groups is 1. The third-order valence-electron chi connectivity index (χ3n) is 4.05. The lowest BCUT2D eigenvalue weighted by molar-refractivity contribution is -0.384. The monoisotopic (exact) mass is 398 g/mol. The number of halogens is 1. The van der Waals surface area contributed by atoms with E-state index in [1.807, 2.05) is 6.92 Å². The smallest absolute Gasteiger partial charge is 0.270 e. The first-order valence-electron chi connectivity index (χ1n) is 8.19. The van der Waals surface area contributed by atoms with Crippen LogP contribution in [0.5, 0.6) is 0 Å². The predicted molar refractivity (Wildman–Crippen MR) is 97.2 cm³/mol. The zero-order valence-corrected chi connectivity index (χ0v) is 15.3. The zero-order chi connectivity index (χ0) is 17.5. The molecule has 1 saturated heterocycles. The van der Waals surface area contributed by atoms with Crippen LogP contribution in [-0.2, 0) is 4.79 Å². The maximum Gasteiger partial charge on any atom is 0.270 e. The van der Waals surface area contributed by atoms with Gasteiger partial charge in [0.05, 0.1) is 11.5 Å². The van der Waals surface area contributed by atoms with E-state index in [0.717, 1.165) is 44.6 Å². The molecule has 24 heavy (non-hydrogen) atoms. The van der Waals surface area contributed by atoms with E-state index in [4.69, 9.17) is 0 Å². The Morgan fingerprint density at radius 1 is 1.42 bits per heavy atom. The van der Waals surface area contributed by atoms with Crippen molar-refractivity contribution in [1.82, 2.24) is 10.2 Å². The molecule has 0 bridgehead atoms. The Morgan fingerprint density at radius 3 is 2.71 bits per heavy atom. The van der Waals surface area contributed by atoms with Crippen LogP contribution in [0.4, 0.5) is 11.4 Å². The van der Waals surface area contributed by atoms with Crippen molar-refractivity contribution in [3.05, 3.63) is 32.8 Å². The molecule has 1 amide bonds. The summed E-state index contributed by atoms with van der Waals surface area (Å²) in [7, 11) is 0. The Labute approximate surface area is 150 Å². The Bertz CT molecular complexity index is 589. The number of benzene rings is 1. The van der Waals surface area contributed by atoms with Gasteiger partial charge in [-0.15, -0.1) is 0 Å². The number of anilines is 1. The third kappa shape index (κ3) is 5.45. The highest BCUT2D eigenvalue weighted by atomic mass is 79.9. The first kappa shape index (κ1) is 18.7.